The van der Waals surface area contributed by atoms with E-state index in [1.807, 2.05) is 4.90 Å². The first-order valence-corrected chi connectivity index (χ1v) is 8.77. The fourth-order valence-corrected chi connectivity index (χ4v) is 3.43. The van der Waals surface area contributed by atoms with Crippen molar-refractivity contribution < 1.29 is 9.90 Å². The van der Waals surface area contributed by atoms with Crippen LogP contribution in [0.5, 0.6) is 0 Å². The largest absolute Gasteiger partial charge is 0.396 e. The predicted molar refractivity (Wildman–Crippen MR) is 94.3 cm³/mol. The highest BCUT2D eigenvalue weighted by Gasteiger charge is 2.30. The number of aliphatic hydroxyl groups is 1. The molecular formula is C17H24Cl2N2O2. The molecule has 0 spiro atoms. The zero-order chi connectivity index (χ0) is 17.0. The van der Waals surface area contributed by atoms with Gasteiger partial charge in [0.05, 0.1) is 15.6 Å². The first kappa shape index (κ1) is 18.5. The fourth-order valence-electron chi connectivity index (χ4n) is 3.05. The van der Waals surface area contributed by atoms with Crippen molar-refractivity contribution in [3.8, 4) is 0 Å². The van der Waals surface area contributed by atoms with Crippen molar-refractivity contribution >= 4 is 29.1 Å². The minimum atomic E-state index is -0.0929. The molecular weight excluding hydrogens is 335 g/mol. The third-order valence-electron chi connectivity index (χ3n) is 4.14. The second-order valence-electron chi connectivity index (χ2n) is 6.41. The number of amides is 1. The molecule has 0 unspecified atom stereocenters. The molecule has 0 saturated carbocycles. The number of carbonyl (C=O) groups excluding carboxylic acids is 1. The highest BCUT2D eigenvalue weighted by molar-refractivity contribution is 6.43. The van der Waals surface area contributed by atoms with E-state index >= 15 is 0 Å². The Morgan fingerprint density at radius 1 is 1.35 bits per heavy atom. The van der Waals surface area contributed by atoms with Gasteiger partial charge in [-0.3, -0.25) is 9.69 Å². The molecule has 1 aromatic rings. The predicted octanol–water partition coefficient (Wildman–Crippen LogP) is 3.16. The summed E-state index contributed by atoms with van der Waals surface area (Å²) in [6.45, 7) is 7.54. The lowest BCUT2D eigenvalue weighted by atomic mass is 10.0. The Morgan fingerprint density at radius 2 is 2.09 bits per heavy atom. The van der Waals surface area contributed by atoms with Crippen LogP contribution in [0.25, 0.3) is 0 Å². The van der Waals surface area contributed by atoms with Gasteiger partial charge in [0.15, 0.2) is 0 Å². The van der Waals surface area contributed by atoms with Crippen LogP contribution in [-0.4, -0.2) is 59.6 Å². The molecule has 23 heavy (non-hydrogen) atoms. The third-order valence-corrected chi connectivity index (χ3v) is 4.95. The van der Waals surface area contributed by atoms with Crippen LogP contribution in [0, 0.1) is 5.92 Å². The number of nitrogens with zero attached hydrogens (tertiary/aromatic N) is 2. The van der Waals surface area contributed by atoms with Crippen LogP contribution in [0.15, 0.2) is 18.2 Å². The lowest BCUT2D eigenvalue weighted by Crippen LogP contribution is -2.55. The zero-order valence-corrected chi connectivity index (χ0v) is 15.1. The van der Waals surface area contributed by atoms with Gasteiger partial charge in [-0.15, -0.1) is 0 Å². The SMILES string of the molecule is CC(C)CN1CCN(C(=O)c2cccc(Cl)c2Cl)C[C@H]1CCO. The first-order valence-electron chi connectivity index (χ1n) is 8.02. The topological polar surface area (TPSA) is 43.8 Å². The molecule has 4 nitrogen and oxygen atoms in total. The van der Waals surface area contributed by atoms with Crippen LogP contribution >= 0.6 is 23.2 Å². The summed E-state index contributed by atoms with van der Waals surface area (Å²) >= 11 is 12.2. The summed E-state index contributed by atoms with van der Waals surface area (Å²) in [6, 6.07) is 5.30. The van der Waals surface area contributed by atoms with E-state index in [9.17, 15) is 9.90 Å². The molecule has 2 rings (SSSR count). The lowest BCUT2D eigenvalue weighted by molar-refractivity contribution is 0.0385. The van der Waals surface area contributed by atoms with E-state index < -0.39 is 0 Å². The average molecular weight is 359 g/mol. The van der Waals surface area contributed by atoms with Gasteiger partial charge in [0.25, 0.3) is 5.91 Å². The highest BCUT2D eigenvalue weighted by Crippen LogP contribution is 2.27. The molecule has 1 amide bonds. The maximum absolute atomic E-state index is 12.8. The monoisotopic (exact) mass is 358 g/mol. The molecule has 1 atom stereocenters. The molecule has 0 bridgehead atoms. The van der Waals surface area contributed by atoms with Crippen molar-refractivity contribution in [3.63, 3.8) is 0 Å². The number of aliphatic hydroxyl groups excluding tert-OH is 1. The maximum Gasteiger partial charge on any atom is 0.255 e. The highest BCUT2D eigenvalue weighted by atomic mass is 35.5. The van der Waals surface area contributed by atoms with Gasteiger partial charge in [0.2, 0.25) is 0 Å². The van der Waals surface area contributed by atoms with E-state index in [0.29, 0.717) is 41.0 Å². The fraction of sp³-hybridized carbons (Fsp3) is 0.588. The number of halogens is 2. The summed E-state index contributed by atoms with van der Waals surface area (Å²) in [5, 5.41) is 10.0. The van der Waals surface area contributed by atoms with Gasteiger partial charge in [-0.2, -0.15) is 0 Å². The summed E-state index contributed by atoms with van der Waals surface area (Å²) < 4.78 is 0. The van der Waals surface area contributed by atoms with Crippen molar-refractivity contribution in [3.05, 3.63) is 33.8 Å². The minimum Gasteiger partial charge on any atom is -0.396 e. The molecule has 1 heterocycles. The van der Waals surface area contributed by atoms with E-state index in [2.05, 4.69) is 18.7 Å². The van der Waals surface area contributed by atoms with E-state index in [-0.39, 0.29) is 18.6 Å². The van der Waals surface area contributed by atoms with Crippen molar-refractivity contribution in [2.45, 2.75) is 26.3 Å². The van der Waals surface area contributed by atoms with Crippen molar-refractivity contribution in [1.82, 2.24) is 9.80 Å². The van der Waals surface area contributed by atoms with Crippen molar-refractivity contribution in [1.29, 1.82) is 0 Å². The average Bonchev–Trinajstić information content (AvgIpc) is 2.51. The Morgan fingerprint density at radius 3 is 2.74 bits per heavy atom. The first-order chi connectivity index (χ1) is 10.9. The van der Waals surface area contributed by atoms with Crippen LogP contribution in [0.4, 0.5) is 0 Å². The van der Waals surface area contributed by atoms with Gasteiger partial charge in [-0.1, -0.05) is 43.1 Å². The summed E-state index contributed by atoms with van der Waals surface area (Å²) in [5.41, 5.74) is 0.444. The summed E-state index contributed by atoms with van der Waals surface area (Å²) in [6.07, 6.45) is 0.666. The Balaban J connectivity index is 2.12. The number of hydrogen-bond donors (Lipinski definition) is 1. The van der Waals surface area contributed by atoms with Gasteiger partial charge in [-0.25, -0.2) is 0 Å². The van der Waals surface area contributed by atoms with E-state index in [1.165, 1.54) is 0 Å². The van der Waals surface area contributed by atoms with Crippen LogP contribution < -0.4 is 0 Å². The van der Waals surface area contributed by atoms with Gasteiger partial charge < -0.3 is 10.0 Å². The third kappa shape index (κ3) is 4.60. The Hall–Kier alpha value is -0.810. The quantitative estimate of drug-likeness (QED) is 0.878. The lowest BCUT2D eigenvalue weighted by Gasteiger charge is -2.42. The molecule has 1 aliphatic heterocycles. The van der Waals surface area contributed by atoms with E-state index in [4.69, 9.17) is 23.2 Å². The van der Waals surface area contributed by atoms with E-state index in [1.54, 1.807) is 18.2 Å². The molecule has 0 aliphatic carbocycles. The van der Waals surface area contributed by atoms with Crippen LogP contribution in [0.3, 0.4) is 0 Å². The number of piperazine rings is 1. The molecule has 1 fully saturated rings. The Kier molecular flexibility index (Phi) is 6.72. The van der Waals surface area contributed by atoms with Crippen LogP contribution in [0.2, 0.25) is 10.0 Å². The molecule has 128 valence electrons. The van der Waals surface area contributed by atoms with Gasteiger partial charge >= 0.3 is 0 Å². The summed E-state index contributed by atoms with van der Waals surface area (Å²) in [7, 11) is 0. The number of carbonyl (C=O) groups is 1. The van der Waals surface area contributed by atoms with E-state index in [0.717, 1.165) is 13.1 Å². The van der Waals surface area contributed by atoms with Gasteiger partial charge in [0, 0.05) is 38.8 Å². The van der Waals surface area contributed by atoms with Crippen molar-refractivity contribution in [2.75, 3.05) is 32.8 Å². The van der Waals surface area contributed by atoms with Crippen LogP contribution in [-0.2, 0) is 0 Å². The molecule has 1 N–H and O–H groups in total. The number of benzene rings is 1. The molecule has 1 aromatic carbocycles. The smallest absolute Gasteiger partial charge is 0.255 e. The molecule has 0 radical (unpaired) electrons. The second kappa shape index (κ2) is 8.34. The summed E-state index contributed by atoms with van der Waals surface area (Å²) in [5.74, 6) is 0.463. The normalized spacial score (nSPS) is 19.4. The minimum absolute atomic E-state index is 0.0929. The van der Waals surface area contributed by atoms with Crippen LogP contribution in [0.1, 0.15) is 30.6 Å². The second-order valence-corrected chi connectivity index (χ2v) is 7.19. The van der Waals surface area contributed by atoms with Crippen molar-refractivity contribution in [2.24, 2.45) is 5.92 Å². The molecule has 1 saturated heterocycles. The molecule has 1 aliphatic rings. The number of hydrogen-bond acceptors (Lipinski definition) is 3. The Labute approximate surface area is 148 Å². The Bertz CT molecular complexity index is 551. The molecule has 6 heteroatoms. The maximum atomic E-state index is 12.8. The van der Waals surface area contributed by atoms with Gasteiger partial charge in [0.1, 0.15) is 0 Å². The summed E-state index contributed by atoms with van der Waals surface area (Å²) in [4.78, 5) is 16.9. The zero-order valence-electron chi connectivity index (χ0n) is 13.6. The number of rotatable bonds is 5. The molecule has 0 aromatic heterocycles. The standard InChI is InChI=1S/C17H24Cl2N2O2/c1-12(2)10-20-7-8-21(11-13(20)6-9-22)17(23)14-4-3-5-15(18)16(14)19/h3-5,12-13,22H,6-11H2,1-2H3/t13-/m1/s1. The van der Waals surface area contributed by atoms with Gasteiger partial charge in [-0.05, 0) is 24.5 Å².